The quantitative estimate of drug-likeness (QED) is 0.560. The minimum Gasteiger partial charge on any atom is -0.371 e. The maximum absolute atomic E-state index is 13.1. The molecule has 1 atom stereocenters. The van der Waals surface area contributed by atoms with Gasteiger partial charge >= 0.3 is 0 Å². The average Bonchev–Trinajstić information content (AvgIpc) is 3.58. The van der Waals surface area contributed by atoms with E-state index in [4.69, 9.17) is 0 Å². The molecular formula is C27H31N5O2. The molecule has 2 amide bonds. The molecule has 1 aliphatic heterocycles. The largest absolute Gasteiger partial charge is 0.371 e. The summed E-state index contributed by atoms with van der Waals surface area (Å²) in [5.74, 6) is -0.337. The topological polar surface area (TPSA) is 79.3 Å². The van der Waals surface area contributed by atoms with Crippen molar-refractivity contribution in [3.8, 4) is 5.69 Å². The second-order valence-electron chi connectivity index (χ2n) is 9.25. The van der Waals surface area contributed by atoms with E-state index < -0.39 is 0 Å². The van der Waals surface area contributed by atoms with Crippen molar-refractivity contribution in [3.05, 3.63) is 71.5 Å². The molecule has 176 valence electrons. The zero-order valence-corrected chi connectivity index (χ0v) is 19.6. The summed E-state index contributed by atoms with van der Waals surface area (Å²) in [6.45, 7) is 3.97. The van der Waals surface area contributed by atoms with Crippen molar-refractivity contribution in [2.45, 2.75) is 51.5 Å². The van der Waals surface area contributed by atoms with Crippen LogP contribution >= 0.6 is 0 Å². The Bertz CT molecular complexity index is 1180. The Hall–Kier alpha value is -3.61. The van der Waals surface area contributed by atoms with Gasteiger partial charge in [-0.25, -0.2) is 4.68 Å². The molecule has 0 spiro atoms. The molecule has 1 saturated heterocycles. The lowest BCUT2D eigenvalue weighted by Gasteiger charge is -2.19. The monoisotopic (exact) mass is 457 g/mol. The van der Waals surface area contributed by atoms with Crippen LogP contribution in [-0.4, -0.2) is 40.7 Å². The Labute approximate surface area is 200 Å². The second kappa shape index (κ2) is 9.71. The third-order valence-electron chi connectivity index (χ3n) is 6.62. The van der Waals surface area contributed by atoms with E-state index in [9.17, 15) is 9.59 Å². The predicted molar refractivity (Wildman–Crippen MR) is 134 cm³/mol. The van der Waals surface area contributed by atoms with Crippen LogP contribution in [0.25, 0.3) is 5.69 Å². The number of aromatic nitrogens is 2. The Morgan fingerprint density at radius 2 is 1.74 bits per heavy atom. The molecule has 2 aliphatic rings. The van der Waals surface area contributed by atoms with E-state index in [0.29, 0.717) is 5.69 Å². The standard InChI is InChI=1S/C27H31N5O2/c1-19(17-25(33)29-20-9-7-12-22(18-20)31-15-5-6-16-31)28-27(34)26-23-13-8-14-24(23)32(30-26)21-10-3-2-4-11-21/h2-4,7,9-12,18-19H,5-6,8,13-17H2,1H3,(H,28,34)(H,29,33). The van der Waals surface area contributed by atoms with Crippen molar-refractivity contribution in [1.29, 1.82) is 0 Å². The van der Waals surface area contributed by atoms with E-state index in [1.165, 1.54) is 12.8 Å². The normalized spacial score (nSPS) is 15.7. The van der Waals surface area contributed by atoms with Crippen LogP contribution in [-0.2, 0) is 17.6 Å². The molecule has 3 aromatic rings. The number of fused-ring (bicyclic) bond motifs is 1. The van der Waals surface area contributed by atoms with E-state index in [1.54, 1.807) is 0 Å². The van der Waals surface area contributed by atoms with E-state index in [-0.39, 0.29) is 24.3 Å². The van der Waals surface area contributed by atoms with Crippen LogP contribution in [0, 0.1) is 0 Å². The van der Waals surface area contributed by atoms with Crippen molar-refractivity contribution >= 4 is 23.2 Å². The first-order chi connectivity index (χ1) is 16.6. The minimum absolute atomic E-state index is 0.119. The van der Waals surface area contributed by atoms with Crippen LogP contribution in [0.2, 0.25) is 0 Å². The molecule has 2 heterocycles. The van der Waals surface area contributed by atoms with Crippen LogP contribution < -0.4 is 15.5 Å². The molecule has 1 aliphatic carbocycles. The number of carbonyl (C=O) groups excluding carboxylic acids is 2. The number of carbonyl (C=O) groups is 2. The van der Waals surface area contributed by atoms with Gasteiger partial charge in [0.1, 0.15) is 0 Å². The summed E-state index contributed by atoms with van der Waals surface area (Å²) in [6, 6.07) is 17.6. The van der Waals surface area contributed by atoms with E-state index >= 15 is 0 Å². The number of nitrogens with zero attached hydrogens (tertiary/aromatic N) is 3. The first-order valence-corrected chi connectivity index (χ1v) is 12.2. The molecule has 0 radical (unpaired) electrons. The number of hydrogen-bond acceptors (Lipinski definition) is 4. The molecule has 7 nitrogen and oxygen atoms in total. The molecule has 0 bridgehead atoms. The third kappa shape index (κ3) is 4.69. The first kappa shape index (κ1) is 22.2. The van der Waals surface area contributed by atoms with Gasteiger partial charge in [0, 0.05) is 48.2 Å². The van der Waals surface area contributed by atoms with Gasteiger partial charge in [0.25, 0.3) is 5.91 Å². The first-order valence-electron chi connectivity index (χ1n) is 12.2. The van der Waals surface area contributed by atoms with Gasteiger partial charge in [-0.2, -0.15) is 5.10 Å². The van der Waals surface area contributed by atoms with Gasteiger partial charge in [0.2, 0.25) is 5.91 Å². The highest BCUT2D eigenvalue weighted by atomic mass is 16.2. The summed E-state index contributed by atoms with van der Waals surface area (Å²) in [4.78, 5) is 28.1. The number of para-hydroxylation sites is 1. The Balaban J connectivity index is 1.21. The third-order valence-corrected chi connectivity index (χ3v) is 6.62. The summed E-state index contributed by atoms with van der Waals surface area (Å²) < 4.78 is 1.89. The minimum atomic E-state index is -0.312. The van der Waals surface area contributed by atoms with Gasteiger partial charge in [0.05, 0.1) is 5.69 Å². The van der Waals surface area contributed by atoms with Crippen molar-refractivity contribution in [2.75, 3.05) is 23.3 Å². The fourth-order valence-corrected chi connectivity index (χ4v) is 4.99. The van der Waals surface area contributed by atoms with Crippen LogP contribution in [0.4, 0.5) is 11.4 Å². The number of benzene rings is 2. The average molecular weight is 458 g/mol. The smallest absolute Gasteiger partial charge is 0.272 e. The molecule has 1 fully saturated rings. The second-order valence-corrected chi connectivity index (χ2v) is 9.25. The van der Waals surface area contributed by atoms with Crippen LogP contribution in [0.3, 0.4) is 0 Å². The molecule has 1 unspecified atom stereocenters. The number of hydrogen-bond donors (Lipinski definition) is 2. The molecular weight excluding hydrogens is 426 g/mol. The highest BCUT2D eigenvalue weighted by Crippen LogP contribution is 2.28. The lowest BCUT2D eigenvalue weighted by molar-refractivity contribution is -0.116. The molecule has 1 aromatic heterocycles. The van der Waals surface area contributed by atoms with Crippen LogP contribution in [0.15, 0.2) is 54.6 Å². The zero-order valence-electron chi connectivity index (χ0n) is 19.6. The molecule has 34 heavy (non-hydrogen) atoms. The number of nitrogens with one attached hydrogen (secondary N) is 2. The van der Waals surface area contributed by atoms with Crippen molar-refractivity contribution in [1.82, 2.24) is 15.1 Å². The molecule has 5 rings (SSSR count). The fourth-order valence-electron chi connectivity index (χ4n) is 4.99. The summed E-state index contributed by atoms with van der Waals surface area (Å²) in [7, 11) is 0. The van der Waals surface area contributed by atoms with Crippen LogP contribution in [0.1, 0.15) is 54.4 Å². The van der Waals surface area contributed by atoms with Gasteiger partial charge in [-0.3, -0.25) is 9.59 Å². The predicted octanol–water partition coefficient (Wildman–Crippen LogP) is 4.11. The van der Waals surface area contributed by atoms with Gasteiger partial charge in [-0.05, 0) is 69.4 Å². The lowest BCUT2D eigenvalue weighted by atomic mass is 10.1. The van der Waals surface area contributed by atoms with Crippen molar-refractivity contribution < 1.29 is 9.59 Å². The summed E-state index contributed by atoms with van der Waals surface area (Å²) >= 11 is 0. The Kier molecular flexibility index (Phi) is 6.34. The van der Waals surface area contributed by atoms with Gasteiger partial charge in [-0.1, -0.05) is 24.3 Å². The number of amides is 2. The number of anilines is 2. The number of rotatable bonds is 7. The Morgan fingerprint density at radius 1 is 0.971 bits per heavy atom. The van der Waals surface area contributed by atoms with E-state index in [0.717, 1.165) is 60.7 Å². The van der Waals surface area contributed by atoms with Crippen molar-refractivity contribution in [2.24, 2.45) is 0 Å². The van der Waals surface area contributed by atoms with Gasteiger partial charge in [-0.15, -0.1) is 0 Å². The summed E-state index contributed by atoms with van der Waals surface area (Å²) in [5.41, 5.74) is 5.49. The molecule has 7 heteroatoms. The maximum atomic E-state index is 13.1. The zero-order chi connectivity index (χ0) is 23.5. The summed E-state index contributed by atoms with van der Waals surface area (Å²) in [5, 5.41) is 10.6. The summed E-state index contributed by atoms with van der Waals surface area (Å²) in [6.07, 6.45) is 5.41. The highest BCUT2D eigenvalue weighted by Gasteiger charge is 2.27. The maximum Gasteiger partial charge on any atom is 0.272 e. The fraction of sp³-hybridized carbons (Fsp3) is 0.370. The Morgan fingerprint density at radius 3 is 2.53 bits per heavy atom. The van der Waals surface area contributed by atoms with Gasteiger partial charge in [0.15, 0.2) is 5.69 Å². The molecule has 2 N–H and O–H groups in total. The lowest BCUT2D eigenvalue weighted by Crippen LogP contribution is -2.36. The van der Waals surface area contributed by atoms with Gasteiger partial charge < -0.3 is 15.5 Å². The van der Waals surface area contributed by atoms with E-state index in [1.807, 2.05) is 60.1 Å². The molecule has 0 saturated carbocycles. The van der Waals surface area contributed by atoms with Crippen molar-refractivity contribution in [3.63, 3.8) is 0 Å². The highest BCUT2D eigenvalue weighted by molar-refractivity contribution is 5.96. The van der Waals surface area contributed by atoms with Crippen LogP contribution in [0.5, 0.6) is 0 Å². The van der Waals surface area contributed by atoms with E-state index in [2.05, 4.69) is 26.7 Å². The SMILES string of the molecule is CC(CC(=O)Nc1cccc(N2CCCC2)c1)NC(=O)c1nn(-c2ccccc2)c2c1CCC2. The molecule has 2 aromatic carbocycles.